The quantitative estimate of drug-likeness (QED) is 0.365. The minimum Gasteiger partial charge on any atom is -0.543 e. The zero-order valence-electron chi connectivity index (χ0n) is 17.9. The molecule has 1 rings (SSSR count). The van der Waals surface area contributed by atoms with Crippen LogP contribution in [-0.4, -0.2) is 40.5 Å². The molecule has 0 atom stereocenters. The van der Waals surface area contributed by atoms with Gasteiger partial charge in [-0.1, -0.05) is 20.8 Å². The Morgan fingerprint density at radius 1 is 1.04 bits per heavy atom. The summed E-state index contributed by atoms with van der Waals surface area (Å²) >= 11 is 0. The van der Waals surface area contributed by atoms with Crippen LogP contribution in [0.25, 0.3) is 0 Å². The molecule has 7 heteroatoms. The molecule has 0 unspecified atom stereocenters. The number of benzene rings is 1. The zero-order valence-corrected chi connectivity index (χ0v) is 19.8. The summed E-state index contributed by atoms with van der Waals surface area (Å²) in [4.78, 5) is 2.11. The van der Waals surface area contributed by atoms with Crippen molar-refractivity contribution in [3.8, 4) is 11.5 Å². The van der Waals surface area contributed by atoms with Gasteiger partial charge in [0.1, 0.15) is 11.5 Å². The van der Waals surface area contributed by atoms with Crippen LogP contribution < -0.4 is 8.95 Å². The Hall–Kier alpha value is -0.653. The fraction of sp³-hybridized carbons (Fsp3) is 0.684. The third kappa shape index (κ3) is 7.16. The molecule has 0 bridgehead atoms. The molecule has 1 aromatic rings. The van der Waals surface area contributed by atoms with Gasteiger partial charge in [-0.3, -0.25) is 0 Å². The molecule has 0 aliphatic rings. The van der Waals surface area contributed by atoms with E-state index in [0.717, 1.165) is 23.6 Å². The number of rotatable bonds is 10. The Bertz CT molecular complexity index is 555. The lowest BCUT2D eigenvalue weighted by Gasteiger charge is -2.36. The summed E-state index contributed by atoms with van der Waals surface area (Å²) in [7, 11) is 0.814. The van der Waals surface area contributed by atoms with Crippen molar-refractivity contribution in [2.45, 2.75) is 59.3 Å². The van der Waals surface area contributed by atoms with Gasteiger partial charge in [-0.05, 0) is 64.3 Å². The van der Waals surface area contributed by atoms with Crippen LogP contribution in [0.15, 0.2) is 18.2 Å². The van der Waals surface area contributed by atoms with Crippen LogP contribution in [0, 0.1) is 0 Å². The van der Waals surface area contributed by atoms with E-state index in [1.165, 1.54) is 0 Å². The summed E-state index contributed by atoms with van der Waals surface area (Å²) in [6.45, 7) is 17.0. The predicted molar refractivity (Wildman–Crippen MR) is 112 cm³/mol. The van der Waals surface area contributed by atoms with Crippen LogP contribution in [0.3, 0.4) is 0 Å². The Balaban J connectivity index is 3.09. The fourth-order valence-corrected chi connectivity index (χ4v) is 3.96. The molecule has 0 amide bonds. The van der Waals surface area contributed by atoms with Crippen molar-refractivity contribution >= 4 is 16.9 Å². The van der Waals surface area contributed by atoms with Gasteiger partial charge in [0.05, 0.1) is 13.2 Å². The molecule has 26 heavy (non-hydrogen) atoms. The van der Waals surface area contributed by atoms with Gasteiger partial charge < -0.3 is 22.9 Å². The molecule has 0 saturated heterocycles. The number of nitrogens with zero attached hydrogens (tertiary/aromatic N) is 1. The van der Waals surface area contributed by atoms with Crippen LogP contribution in [-0.2, 0) is 15.6 Å². The summed E-state index contributed by atoms with van der Waals surface area (Å²) in [6.07, 6.45) is 0. The zero-order chi connectivity index (χ0) is 20.0. The average Bonchev–Trinajstić information content (AvgIpc) is 2.48. The summed E-state index contributed by atoms with van der Waals surface area (Å²) in [6, 6.07) is 6.04. The lowest BCUT2D eigenvalue weighted by atomic mass is 10.2. The van der Waals surface area contributed by atoms with Gasteiger partial charge in [0.2, 0.25) is 8.32 Å². The Morgan fingerprint density at radius 3 is 2.08 bits per heavy atom. The highest BCUT2D eigenvalue weighted by molar-refractivity contribution is 7.42. The Morgan fingerprint density at radius 2 is 1.62 bits per heavy atom. The summed E-state index contributed by atoms with van der Waals surface area (Å²) in [5, 5.41) is 0.155. The van der Waals surface area contributed by atoms with Crippen LogP contribution in [0.4, 0.5) is 0 Å². The number of hydrogen-bond donors (Lipinski definition) is 0. The molecule has 0 fully saturated rings. The van der Waals surface area contributed by atoms with E-state index in [1.54, 1.807) is 0 Å². The van der Waals surface area contributed by atoms with Crippen LogP contribution >= 0.6 is 8.60 Å². The molecule has 0 aliphatic heterocycles. The standard InChI is InChI=1S/C19H36NO4PSi/c1-10-21-25(22-11-2)23-18-13-12-17(14-16(18)15-20(6)7)24-26(8,9)19(3,4)5/h12-14H,10-11,15H2,1-9H3. The minimum atomic E-state index is -1.88. The molecule has 5 nitrogen and oxygen atoms in total. The first-order valence-corrected chi connectivity index (χ1v) is 13.2. The average molecular weight is 402 g/mol. The molecule has 0 N–H and O–H groups in total. The molecule has 0 saturated carbocycles. The van der Waals surface area contributed by atoms with Crippen molar-refractivity contribution in [2.24, 2.45) is 0 Å². The van der Waals surface area contributed by atoms with Crippen molar-refractivity contribution in [2.75, 3.05) is 27.3 Å². The monoisotopic (exact) mass is 401 g/mol. The highest BCUT2D eigenvalue weighted by Gasteiger charge is 2.39. The fourth-order valence-electron chi connectivity index (χ4n) is 2.00. The van der Waals surface area contributed by atoms with E-state index in [4.69, 9.17) is 18.0 Å². The molecular formula is C19H36NO4PSi. The predicted octanol–water partition coefficient (Wildman–Crippen LogP) is 5.81. The third-order valence-electron chi connectivity index (χ3n) is 4.34. The van der Waals surface area contributed by atoms with E-state index in [0.29, 0.717) is 13.2 Å². The largest absolute Gasteiger partial charge is 0.543 e. The lowest BCUT2D eigenvalue weighted by Crippen LogP contribution is -2.43. The van der Waals surface area contributed by atoms with E-state index in [1.807, 2.05) is 40.1 Å². The van der Waals surface area contributed by atoms with Crippen molar-refractivity contribution in [1.29, 1.82) is 0 Å². The minimum absolute atomic E-state index is 0.155. The van der Waals surface area contributed by atoms with E-state index in [2.05, 4.69) is 44.8 Å². The second-order valence-electron chi connectivity index (χ2n) is 8.02. The first-order chi connectivity index (χ1) is 12.0. The van der Waals surface area contributed by atoms with Crippen LogP contribution in [0.1, 0.15) is 40.2 Å². The van der Waals surface area contributed by atoms with E-state index in [-0.39, 0.29) is 5.04 Å². The van der Waals surface area contributed by atoms with Crippen molar-refractivity contribution in [3.05, 3.63) is 23.8 Å². The van der Waals surface area contributed by atoms with Gasteiger partial charge in [-0.25, -0.2) is 0 Å². The SMILES string of the molecule is CCOP(OCC)Oc1ccc(O[Si](C)(C)C(C)(C)C)cc1CN(C)C. The number of hydrogen-bond acceptors (Lipinski definition) is 5. The smallest absolute Gasteiger partial charge is 0.397 e. The maximum atomic E-state index is 6.45. The molecule has 0 aliphatic carbocycles. The molecule has 0 radical (unpaired) electrons. The van der Waals surface area contributed by atoms with Gasteiger partial charge in [0, 0.05) is 12.1 Å². The first kappa shape index (κ1) is 23.4. The highest BCUT2D eigenvalue weighted by atomic mass is 31.2. The Labute approximate surface area is 162 Å². The van der Waals surface area contributed by atoms with Crippen molar-refractivity contribution in [1.82, 2.24) is 4.90 Å². The Kier molecular flexibility index (Phi) is 9.04. The molecular weight excluding hydrogens is 365 g/mol. The topological polar surface area (TPSA) is 40.2 Å². The second-order valence-corrected chi connectivity index (χ2v) is 13.9. The van der Waals surface area contributed by atoms with Gasteiger partial charge in [0.25, 0.3) is 0 Å². The first-order valence-electron chi connectivity index (χ1n) is 9.20. The molecule has 0 spiro atoms. The maximum absolute atomic E-state index is 6.45. The van der Waals surface area contributed by atoms with Gasteiger partial charge >= 0.3 is 8.60 Å². The van der Waals surface area contributed by atoms with Crippen molar-refractivity contribution in [3.63, 3.8) is 0 Å². The van der Waals surface area contributed by atoms with Crippen molar-refractivity contribution < 1.29 is 18.0 Å². The summed E-state index contributed by atoms with van der Waals surface area (Å²) in [5.41, 5.74) is 1.07. The van der Waals surface area contributed by atoms with E-state index in [9.17, 15) is 0 Å². The van der Waals surface area contributed by atoms with E-state index >= 15 is 0 Å². The summed E-state index contributed by atoms with van der Waals surface area (Å²) < 4.78 is 23.6. The van der Waals surface area contributed by atoms with E-state index < -0.39 is 16.9 Å². The highest BCUT2D eigenvalue weighted by Crippen LogP contribution is 2.43. The maximum Gasteiger partial charge on any atom is 0.397 e. The second kappa shape index (κ2) is 10.0. The molecule has 1 aromatic carbocycles. The third-order valence-corrected chi connectivity index (χ3v) is 9.98. The molecule has 0 heterocycles. The van der Waals surface area contributed by atoms with Gasteiger partial charge in [-0.2, -0.15) is 0 Å². The van der Waals surface area contributed by atoms with Crippen LogP contribution in [0.5, 0.6) is 11.5 Å². The molecule has 150 valence electrons. The summed E-state index contributed by atoms with van der Waals surface area (Å²) in [5.74, 6) is 1.69. The van der Waals surface area contributed by atoms with Crippen LogP contribution in [0.2, 0.25) is 18.1 Å². The molecule has 0 aromatic heterocycles. The van der Waals surface area contributed by atoms with Gasteiger partial charge in [-0.15, -0.1) is 0 Å². The lowest BCUT2D eigenvalue weighted by molar-refractivity contribution is 0.220. The van der Waals surface area contributed by atoms with Gasteiger partial charge in [0.15, 0.2) is 0 Å². The normalized spacial score (nSPS) is 12.7.